The maximum Gasteiger partial charge on any atom is 0.252 e. The Morgan fingerprint density at radius 1 is 1.26 bits per heavy atom. The molecule has 0 radical (unpaired) electrons. The van der Waals surface area contributed by atoms with Crippen LogP contribution in [0.2, 0.25) is 0 Å². The summed E-state index contributed by atoms with van der Waals surface area (Å²) in [5, 5.41) is 3.67. The Labute approximate surface area is 111 Å². The highest BCUT2D eigenvalue weighted by Crippen LogP contribution is 2.15. The van der Waals surface area contributed by atoms with Gasteiger partial charge in [0.25, 0.3) is 5.91 Å². The Kier molecular flexibility index (Phi) is 4.83. The molecule has 0 saturated heterocycles. The fourth-order valence-electron chi connectivity index (χ4n) is 1.82. The molecule has 1 heterocycles. The standard InChI is InChI=1S/C14H17N3O2/c15-6-9-19-10-8-17-14(18)12-3-1-5-13-11(12)4-2-7-16-13/h1-5,7H,6,8-10,15H2,(H,17,18). The quantitative estimate of drug-likeness (QED) is 0.757. The molecule has 5 heteroatoms. The number of aromatic nitrogens is 1. The van der Waals surface area contributed by atoms with Gasteiger partial charge in [0.15, 0.2) is 0 Å². The lowest BCUT2D eigenvalue weighted by molar-refractivity contribution is 0.0921. The van der Waals surface area contributed by atoms with Crippen molar-refractivity contribution in [1.82, 2.24) is 10.3 Å². The summed E-state index contributed by atoms with van der Waals surface area (Å²) in [6.07, 6.45) is 1.71. The molecule has 2 aromatic rings. The summed E-state index contributed by atoms with van der Waals surface area (Å²) >= 11 is 0. The molecule has 5 nitrogen and oxygen atoms in total. The van der Waals surface area contributed by atoms with Crippen LogP contribution in [0.3, 0.4) is 0 Å². The number of carbonyl (C=O) groups is 1. The van der Waals surface area contributed by atoms with Gasteiger partial charge < -0.3 is 15.8 Å². The summed E-state index contributed by atoms with van der Waals surface area (Å²) in [5.74, 6) is -0.116. The highest BCUT2D eigenvalue weighted by atomic mass is 16.5. The van der Waals surface area contributed by atoms with Gasteiger partial charge in [-0.05, 0) is 18.2 Å². The number of nitrogens with two attached hydrogens (primary N) is 1. The van der Waals surface area contributed by atoms with Crippen molar-refractivity contribution in [2.45, 2.75) is 0 Å². The van der Waals surface area contributed by atoms with Crippen LogP contribution >= 0.6 is 0 Å². The lowest BCUT2D eigenvalue weighted by Gasteiger charge is -2.08. The molecule has 0 saturated carbocycles. The van der Waals surface area contributed by atoms with E-state index in [-0.39, 0.29) is 5.91 Å². The number of hydrogen-bond acceptors (Lipinski definition) is 4. The molecular formula is C14H17N3O2. The average molecular weight is 259 g/mol. The van der Waals surface area contributed by atoms with Crippen LogP contribution in [0, 0.1) is 0 Å². The molecule has 1 aromatic carbocycles. The first kappa shape index (κ1) is 13.5. The van der Waals surface area contributed by atoms with E-state index in [1.165, 1.54) is 0 Å². The zero-order valence-electron chi connectivity index (χ0n) is 10.6. The van der Waals surface area contributed by atoms with Gasteiger partial charge in [0.05, 0.1) is 18.7 Å². The molecule has 0 unspecified atom stereocenters. The van der Waals surface area contributed by atoms with Gasteiger partial charge in [-0.3, -0.25) is 9.78 Å². The van der Waals surface area contributed by atoms with Crippen molar-refractivity contribution in [2.24, 2.45) is 5.73 Å². The van der Waals surface area contributed by atoms with Crippen LogP contribution in [0.15, 0.2) is 36.5 Å². The number of ether oxygens (including phenoxy) is 1. The second-order valence-corrected chi connectivity index (χ2v) is 4.03. The van der Waals surface area contributed by atoms with Crippen molar-refractivity contribution in [2.75, 3.05) is 26.3 Å². The average Bonchev–Trinajstić information content (AvgIpc) is 2.46. The molecule has 1 aromatic heterocycles. The molecule has 100 valence electrons. The van der Waals surface area contributed by atoms with E-state index in [9.17, 15) is 4.79 Å². The molecule has 2 rings (SSSR count). The van der Waals surface area contributed by atoms with Gasteiger partial charge in [-0.15, -0.1) is 0 Å². The highest BCUT2D eigenvalue weighted by Gasteiger charge is 2.09. The number of hydrogen-bond donors (Lipinski definition) is 2. The van der Waals surface area contributed by atoms with Gasteiger partial charge >= 0.3 is 0 Å². The molecule has 0 atom stereocenters. The molecule has 0 spiro atoms. The molecule has 0 aliphatic heterocycles. The summed E-state index contributed by atoms with van der Waals surface area (Å²) in [6, 6.07) is 9.22. The minimum atomic E-state index is -0.116. The number of fused-ring (bicyclic) bond motifs is 1. The molecule has 1 amide bonds. The summed E-state index contributed by atoms with van der Waals surface area (Å²) in [7, 11) is 0. The van der Waals surface area contributed by atoms with E-state index < -0.39 is 0 Å². The van der Waals surface area contributed by atoms with E-state index >= 15 is 0 Å². The third-order valence-electron chi connectivity index (χ3n) is 2.68. The van der Waals surface area contributed by atoms with E-state index in [2.05, 4.69) is 10.3 Å². The van der Waals surface area contributed by atoms with Crippen molar-refractivity contribution in [3.8, 4) is 0 Å². The fraction of sp³-hybridized carbons (Fsp3) is 0.286. The van der Waals surface area contributed by atoms with Gasteiger partial charge in [0, 0.05) is 30.2 Å². The van der Waals surface area contributed by atoms with E-state index in [4.69, 9.17) is 10.5 Å². The summed E-state index contributed by atoms with van der Waals surface area (Å²) in [4.78, 5) is 16.3. The molecule has 0 bridgehead atoms. The molecule has 0 aliphatic rings. The highest BCUT2D eigenvalue weighted by molar-refractivity contribution is 6.06. The Bertz CT molecular complexity index is 552. The lowest BCUT2D eigenvalue weighted by Crippen LogP contribution is -2.28. The SMILES string of the molecule is NCCOCCNC(=O)c1cccc2ncccc12. The lowest BCUT2D eigenvalue weighted by atomic mass is 10.1. The molecule has 0 aliphatic carbocycles. The smallest absolute Gasteiger partial charge is 0.252 e. The van der Waals surface area contributed by atoms with Gasteiger partial charge in [0.1, 0.15) is 0 Å². The Hall–Kier alpha value is -1.98. The number of nitrogens with zero attached hydrogens (tertiary/aromatic N) is 1. The predicted octanol–water partition coefficient (Wildman–Crippen LogP) is 0.940. The summed E-state index contributed by atoms with van der Waals surface area (Å²) in [6.45, 7) is 1.93. The fourth-order valence-corrected chi connectivity index (χ4v) is 1.82. The van der Waals surface area contributed by atoms with E-state index in [1.54, 1.807) is 12.3 Å². The first-order valence-electron chi connectivity index (χ1n) is 6.22. The van der Waals surface area contributed by atoms with Crippen molar-refractivity contribution in [3.63, 3.8) is 0 Å². The third kappa shape index (κ3) is 3.49. The number of benzene rings is 1. The maximum atomic E-state index is 12.1. The summed E-state index contributed by atoms with van der Waals surface area (Å²) in [5.41, 5.74) is 6.75. The van der Waals surface area contributed by atoms with Gasteiger partial charge in [0.2, 0.25) is 0 Å². The molecule has 3 N–H and O–H groups in total. The van der Waals surface area contributed by atoms with E-state index in [1.807, 2.05) is 24.3 Å². The molecular weight excluding hydrogens is 242 g/mol. The number of pyridine rings is 1. The van der Waals surface area contributed by atoms with Crippen LogP contribution in [0.4, 0.5) is 0 Å². The zero-order chi connectivity index (χ0) is 13.5. The Morgan fingerprint density at radius 3 is 3.00 bits per heavy atom. The first-order valence-corrected chi connectivity index (χ1v) is 6.22. The van der Waals surface area contributed by atoms with E-state index in [0.29, 0.717) is 31.9 Å². The predicted molar refractivity (Wildman–Crippen MR) is 73.9 cm³/mol. The second-order valence-electron chi connectivity index (χ2n) is 4.03. The normalized spacial score (nSPS) is 10.6. The topological polar surface area (TPSA) is 77.2 Å². The molecule has 0 fully saturated rings. The number of nitrogens with one attached hydrogen (secondary N) is 1. The number of carbonyl (C=O) groups excluding carboxylic acids is 1. The van der Waals surface area contributed by atoms with Crippen molar-refractivity contribution in [3.05, 3.63) is 42.1 Å². The van der Waals surface area contributed by atoms with Crippen LogP contribution in [0.25, 0.3) is 10.9 Å². The Morgan fingerprint density at radius 2 is 2.16 bits per heavy atom. The Balaban J connectivity index is 2.01. The maximum absolute atomic E-state index is 12.1. The first-order chi connectivity index (χ1) is 9.33. The summed E-state index contributed by atoms with van der Waals surface area (Å²) < 4.78 is 5.20. The van der Waals surface area contributed by atoms with Gasteiger partial charge in [-0.1, -0.05) is 12.1 Å². The monoisotopic (exact) mass is 259 g/mol. The largest absolute Gasteiger partial charge is 0.378 e. The van der Waals surface area contributed by atoms with Gasteiger partial charge in [-0.25, -0.2) is 0 Å². The molecule has 19 heavy (non-hydrogen) atoms. The van der Waals surface area contributed by atoms with Crippen LogP contribution in [0.1, 0.15) is 10.4 Å². The van der Waals surface area contributed by atoms with Crippen molar-refractivity contribution >= 4 is 16.8 Å². The van der Waals surface area contributed by atoms with Crippen LogP contribution in [0.5, 0.6) is 0 Å². The van der Waals surface area contributed by atoms with Crippen LogP contribution in [-0.2, 0) is 4.74 Å². The van der Waals surface area contributed by atoms with Crippen molar-refractivity contribution in [1.29, 1.82) is 0 Å². The zero-order valence-corrected chi connectivity index (χ0v) is 10.6. The minimum absolute atomic E-state index is 0.116. The van der Waals surface area contributed by atoms with Crippen molar-refractivity contribution < 1.29 is 9.53 Å². The minimum Gasteiger partial charge on any atom is -0.378 e. The van der Waals surface area contributed by atoms with Crippen LogP contribution in [-0.4, -0.2) is 37.2 Å². The van der Waals surface area contributed by atoms with Crippen LogP contribution < -0.4 is 11.1 Å². The van der Waals surface area contributed by atoms with E-state index in [0.717, 1.165) is 10.9 Å². The number of amides is 1. The number of rotatable bonds is 6. The third-order valence-corrected chi connectivity index (χ3v) is 2.68. The second kappa shape index (κ2) is 6.82. The van der Waals surface area contributed by atoms with Gasteiger partial charge in [-0.2, -0.15) is 0 Å².